The fraction of sp³-hybridized carbons (Fsp3) is 0.722. The lowest BCUT2D eigenvalue weighted by molar-refractivity contribution is -0.151. The van der Waals surface area contributed by atoms with Gasteiger partial charge in [0.1, 0.15) is 0 Å². The van der Waals surface area contributed by atoms with E-state index in [0.717, 1.165) is 31.3 Å². The van der Waals surface area contributed by atoms with E-state index in [0.29, 0.717) is 5.92 Å². The monoisotopic (exact) mass is 276 g/mol. The predicted molar refractivity (Wildman–Crippen MR) is 82.5 cm³/mol. The summed E-state index contributed by atoms with van der Waals surface area (Å²) >= 11 is 0. The van der Waals surface area contributed by atoms with Crippen molar-refractivity contribution in [3.63, 3.8) is 0 Å². The molecule has 1 saturated carbocycles. The molecule has 0 radical (unpaired) electrons. The van der Waals surface area contributed by atoms with E-state index in [4.69, 9.17) is 0 Å². The number of hydrogen-bond donors (Lipinski definition) is 1. The molecule has 1 fully saturated rings. The van der Waals surface area contributed by atoms with Gasteiger partial charge < -0.3 is 5.11 Å². The van der Waals surface area contributed by atoms with E-state index in [2.05, 4.69) is 45.9 Å². The normalized spacial score (nSPS) is 34.7. The zero-order valence-electron chi connectivity index (χ0n) is 13.3. The summed E-state index contributed by atoms with van der Waals surface area (Å²) in [6.45, 7) is 8.84. The second-order valence-electron chi connectivity index (χ2n) is 7.68. The van der Waals surface area contributed by atoms with E-state index in [-0.39, 0.29) is 11.3 Å². The third-order valence-electron chi connectivity index (χ3n) is 5.45. The molecule has 2 heteroatoms. The molecular formula is C18H28O2. The first-order valence-electron chi connectivity index (χ1n) is 7.89. The van der Waals surface area contributed by atoms with Crippen LogP contribution in [0.25, 0.3) is 0 Å². The van der Waals surface area contributed by atoms with Gasteiger partial charge in [0, 0.05) is 0 Å². The summed E-state index contributed by atoms with van der Waals surface area (Å²) in [7, 11) is 0. The Balaban J connectivity index is 2.34. The number of rotatable bonds is 2. The Morgan fingerprint density at radius 2 is 2.05 bits per heavy atom. The van der Waals surface area contributed by atoms with Gasteiger partial charge in [-0.15, -0.1) is 0 Å². The van der Waals surface area contributed by atoms with Crippen molar-refractivity contribution in [2.75, 3.05) is 0 Å². The summed E-state index contributed by atoms with van der Waals surface area (Å²) in [5.74, 6) is 0.0684. The van der Waals surface area contributed by atoms with E-state index in [1.54, 1.807) is 0 Å². The van der Waals surface area contributed by atoms with Crippen molar-refractivity contribution >= 4 is 5.97 Å². The van der Waals surface area contributed by atoms with Crippen molar-refractivity contribution < 1.29 is 9.90 Å². The van der Waals surface area contributed by atoms with Crippen molar-refractivity contribution in [2.45, 2.75) is 59.8 Å². The lowest BCUT2D eigenvalue weighted by Crippen LogP contribution is -2.43. The summed E-state index contributed by atoms with van der Waals surface area (Å²) < 4.78 is 0. The molecule has 0 aromatic rings. The van der Waals surface area contributed by atoms with Crippen molar-refractivity contribution in [2.24, 2.45) is 22.7 Å². The predicted octanol–water partition coefficient (Wildman–Crippen LogP) is 4.82. The summed E-state index contributed by atoms with van der Waals surface area (Å²) in [4.78, 5) is 12.1. The first kappa shape index (κ1) is 15.3. The van der Waals surface area contributed by atoms with Crippen LogP contribution in [0, 0.1) is 22.7 Å². The molecule has 0 aromatic heterocycles. The highest BCUT2D eigenvalue weighted by Gasteiger charge is 2.48. The Hall–Kier alpha value is -1.05. The van der Waals surface area contributed by atoms with Gasteiger partial charge >= 0.3 is 5.97 Å². The Morgan fingerprint density at radius 3 is 2.60 bits per heavy atom. The van der Waals surface area contributed by atoms with Crippen LogP contribution in [-0.4, -0.2) is 11.1 Å². The Morgan fingerprint density at radius 1 is 1.35 bits per heavy atom. The van der Waals surface area contributed by atoms with Gasteiger partial charge in [-0.2, -0.15) is 0 Å². The van der Waals surface area contributed by atoms with Crippen molar-refractivity contribution in [1.82, 2.24) is 0 Å². The summed E-state index contributed by atoms with van der Waals surface area (Å²) in [6, 6.07) is 0. The van der Waals surface area contributed by atoms with Crippen molar-refractivity contribution in [1.29, 1.82) is 0 Å². The highest BCUT2D eigenvalue weighted by molar-refractivity contribution is 5.79. The van der Waals surface area contributed by atoms with Gasteiger partial charge in [-0.05, 0) is 36.5 Å². The molecule has 2 nitrogen and oxygen atoms in total. The standard InChI is InChI=1S/C18H28O2/c1-13-8-5-6-11-18(13,16(19)20)15-10-7-9-14(12-15)17(2,3)4/h7,9-10,13-14H,5-6,8,11-12H2,1-4H3,(H,19,20). The van der Waals surface area contributed by atoms with Crippen molar-refractivity contribution in [3.8, 4) is 0 Å². The molecule has 0 heterocycles. The first-order chi connectivity index (χ1) is 9.28. The van der Waals surface area contributed by atoms with Crippen LogP contribution in [0.3, 0.4) is 0 Å². The first-order valence-corrected chi connectivity index (χ1v) is 7.89. The van der Waals surface area contributed by atoms with Crippen LogP contribution >= 0.6 is 0 Å². The molecule has 1 N–H and O–H groups in total. The lowest BCUT2D eigenvalue weighted by Gasteiger charge is -2.44. The van der Waals surface area contributed by atoms with Crippen LogP contribution in [0.1, 0.15) is 59.8 Å². The fourth-order valence-corrected chi connectivity index (χ4v) is 3.88. The smallest absolute Gasteiger partial charge is 0.314 e. The molecular weight excluding hydrogens is 248 g/mol. The highest BCUT2D eigenvalue weighted by Crippen LogP contribution is 2.51. The van der Waals surface area contributed by atoms with E-state index in [1.165, 1.54) is 6.42 Å². The molecule has 0 bridgehead atoms. The van der Waals surface area contributed by atoms with E-state index in [9.17, 15) is 9.90 Å². The van der Waals surface area contributed by atoms with Crippen LogP contribution < -0.4 is 0 Å². The minimum absolute atomic E-state index is 0.188. The summed E-state index contributed by atoms with van der Waals surface area (Å²) in [5.41, 5.74) is 0.722. The zero-order chi connectivity index (χ0) is 15.0. The summed E-state index contributed by atoms with van der Waals surface area (Å²) in [6.07, 6.45) is 11.4. The average Bonchev–Trinajstić information content (AvgIpc) is 2.38. The lowest BCUT2D eigenvalue weighted by atomic mass is 9.59. The Bertz CT molecular complexity index is 439. The van der Waals surface area contributed by atoms with Crippen LogP contribution in [0.5, 0.6) is 0 Å². The van der Waals surface area contributed by atoms with E-state index in [1.807, 2.05) is 0 Å². The molecule has 3 atom stereocenters. The Labute approximate surface area is 123 Å². The number of aliphatic carboxylic acids is 1. The molecule has 0 saturated heterocycles. The third-order valence-corrected chi connectivity index (χ3v) is 5.45. The number of carboxylic acids is 1. The van der Waals surface area contributed by atoms with Crippen LogP contribution in [-0.2, 0) is 4.79 Å². The molecule has 0 amide bonds. The quantitative estimate of drug-likeness (QED) is 0.785. The van der Waals surface area contributed by atoms with E-state index >= 15 is 0 Å². The number of hydrogen-bond acceptors (Lipinski definition) is 1. The van der Waals surface area contributed by atoms with Crippen LogP contribution in [0.2, 0.25) is 0 Å². The Kier molecular flexibility index (Phi) is 4.13. The largest absolute Gasteiger partial charge is 0.481 e. The van der Waals surface area contributed by atoms with Gasteiger partial charge in [-0.3, -0.25) is 4.79 Å². The second kappa shape index (κ2) is 5.38. The van der Waals surface area contributed by atoms with Gasteiger partial charge in [0.25, 0.3) is 0 Å². The summed E-state index contributed by atoms with van der Waals surface area (Å²) in [5, 5.41) is 9.94. The molecule has 0 aromatic carbocycles. The van der Waals surface area contributed by atoms with Gasteiger partial charge in [-0.25, -0.2) is 0 Å². The molecule has 0 spiro atoms. The third kappa shape index (κ3) is 2.57. The zero-order valence-corrected chi connectivity index (χ0v) is 13.3. The molecule has 0 aliphatic heterocycles. The fourth-order valence-electron chi connectivity index (χ4n) is 3.88. The molecule has 2 aliphatic carbocycles. The number of carboxylic acid groups (broad SMARTS) is 1. The molecule has 2 aliphatic rings. The van der Waals surface area contributed by atoms with Gasteiger partial charge in [0.15, 0.2) is 0 Å². The molecule has 112 valence electrons. The van der Waals surface area contributed by atoms with Gasteiger partial charge in [0.2, 0.25) is 0 Å². The second-order valence-corrected chi connectivity index (χ2v) is 7.68. The van der Waals surface area contributed by atoms with Crippen molar-refractivity contribution in [3.05, 3.63) is 23.8 Å². The minimum Gasteiger partial charge on any atom is -0.481 e. The maximum absolute atomic E-state index is 12.1. The number of carbonyl (C=O) groups is 1. The topological polar surface area (TPSA) is 37.3 Å². The van der Waals surface area contributed by atoms with Gasteiger partial charge in [0.05, 0.1) is 5.41 Å². The molecule has 20 heavy (non-hydrogen) atoms. The van der Waals surface area contributed by atoms with E-state index < -0.39 is 11.4 Å². The minimum atomic E-state index is -0.619. The highest BCUT2D eigenvalue weighted by atomic mass is 16.4. The maximum Gasteiger partial charge on any atom is 0.314 e. The molecule has 2 rings (SSSR count). The average molecular weight is 276 g/mol. The maximum atomic E-state index is 12.1. The molecule has 3 unspecified atom stereocenters. The number of allylic oxidation sites excluding steroid dienone is 3. The van der Waals surface area contributed by atoms with Crippen LogP contribution in [0.4, 0.5) is 0 Å². The SMILES string of the molecule is CC1CCCCC1(C(=O)O)C1=CC=CC(C(C)(C)C)C1. The van der Waals surface area contributed by atoms with Gasteiger partial charge in [-0.1, -0.05) is 64.3 Å². The van der Waals surface area contributed by atoms with Crippen LogP contribution in [0.15, 0.2) is 23.8 Å².